The van der Waals surface area contributed by atoms with Crippen LogP contribution in [0.5, 0.6) is 0 Å². The van der Waals surface area contributed by atoms with E-state index in [1.807, 2.05) is 12.3 Å². The number of rotatable bonds is 3. The van der Waals surface area contributed by atoms with Crippen LogP contribution in [0.25, 0.3) is 5.69 Å². The number of nitrogens with zero attached hydrogens (tertiary/aromatic N) is 4. The molecule has 2 heterocycles. The molecule has 0 aliphatic carbocycles. The fourth-order valence-electron chi connectivity index (χ4n) is 2.61. The van der Waals surface area contributed by atoms with E-state index in [2.05, 4.69) is 22.1 Å². The summed E-state index contributed by atoms with van der Waals surface area (Å²) in [6.45, 7) is 4.82. The second-order valence-electron chi connectivity index (χ2n) is 5.59. The fourth-order valence-corrected chi connectivity index (χ4v) is 3.10. The Morgan fingerprint density at radius 1 is 1.33 bits per heavy atom. The van der Waals surface area contributed by atoms with Crippen LogP contribution in [0, 0.1) is 5.92 Å². The zero-order valence-electron chi connectivity index (χ0n) is 11.7. The van der Waals surface area contributed by atoms with E-state index < -0.39 is 0 Å². The number of aromatic nitrogens is 3. The van der Waals surface area contributed by atoms with Gasteiger partial charge in [0.05, 0.1) is 22.6 Å². The summed E-state index contributed by atoms with van der Waals surface area (Å²) in [5.41, 5.74) is 7.71. The number of likely N-dealkylation sites (tertiary alicyclic amines) is 1. The van der Waals surface area contributed by atoms with Crippen LogP contribution in [0.4, 0.5) is 0 Å². The SMILES string of the molecule is CC1CN(Cc2cn(-c3ccc(Cl)cc3Cl)nn2)CC1N. The third-order valence-electron chi connectivity index (χ3n) is 3.83. The van der Waals surface area contributed by atoms with Crippen molar-refractivity contribution in [3.05, 3.63) is 40.1 Å². The first-order chi connectivity index (χ1) is 10.0. The average Bonchev–Trinajstić information content (AvgIpc) is 2.98. The predicted octanol–water partition coefficient (Wildman–Crippen LogP) is 2.35. The maximum atomic E-state index is 6.18. The lowest BCUT2D eigenvalue weighted by atomic mass is 10.1. The highest BCUT2D eigenvalue weighted by molar-refractivity contribution is 6.35. The Bertz CT molecular complexity index is 632. The largest absolute Gasteiger partial charge is 0.326 e. The molecule has 1 fully saturated rings. The standard InChI is InChI=1S/C14H17Cl2N5/c1-9-5-20(8-13(9)17)6-11-7-21(19-18-11)14-3-2-10(15)4-12(14)16/h2-4,7,9,13H,5-6,8,17H2,1H3. The minimum atomic E-state index is 0.241. The van der Waals surface area contributed by atoms with Crippen LogP contribution in [-0.2, 0) is 6.54 Å². The van der Waals surface area contributed by atoms with Gasteiger partial charge in [-0.1, -0.05) is 35.3 Å². The van der Waals surface area contributed by atoms with Crippen molar-refractivity contribution in [3.63, 3.8) is 0 Å². The monoisotopic (exact) mass is 325 g/mol. The van der Waals surface area contributed by atoms with Crippen molar-refractivity contribution in [3.8, 4) is 5.69 Å². The Kier molecular flexibility index (Phi) is 4.17. The summed E-state index contributed by atoms with van der Waals surface area (Å²) < 4.78 is 1.67. The van der Waals surface area contributed by atoms with Crippen molar-refractivity contribution in [1.82, 2.24) is 19.9 Å². The second-order valence-corrected chi connectivity index (χ2v) is 6.43. The molecule has 112 valence electrons. The van der Waals surface area contributed by atoms with Gasteiger partial charge >= 0.3 is 0 Å². The summed E-state index contributed by atoms with van der Waals surface area (Å²) in [7, 11) is 0. The van der Waals surface area contributed by atoms with E-state index in [0.29, 0.717) is 16.0 Å². The molecule has 1 aliphatic rings. The van der Waals surface area contributed by atoms with Crippen LogP contribution in [0.15, 0.2) is 24.4 Å². The first kappa shape index (κ1) is 14.8. The Morgan fingerprint density at radius 2 is 2.14 bits per heavy atom. The van der Waals surface area contributed by atoms with E-state index >= 15 is 0 Å². The van der Waals surface area contributed by atoms with E-state index in [1.54, 1.807) is 16.8 Å². The Hall–Kier alpha value is -1.14. The van der Waals surface area contributed by atoms with Crippen LogP contribution in [0.3, 0.4) is 0 Å². The van der Waals surface area contributed by atoms with E-state index in [1.165, 1.54) is 0 Å². The molecule has 0 bridgehead atoms. The van der Waals surface area contributed by atoms with Crippen molar-refractivity contribution in [1.29, 1.82) is 0 Å². The Morgan fingerprint density at radius 3 is 2.81 bits per heavy atom. The minimum Gasteiger partial charge on any atom is -0.326 e. The molecule has 2 unspecified atom stereocenters. The van der Waals surface area contributed by atoms with Crippen LogP contribution in [0.1, 0.15) is 12.6 Å². The quantitative estimate of drug-likeness (QED) is 0.941. The van der Waals surface area contributed by atoms with E-state index in [0.717, 1.165) is 31.0 Å². The normalized spacial score (nSPS) is 22.9. The molecule has 1 aromatic carbocycles. The van der Waals surface area contributed by atoms with Crippen molar-refractivity contribution in [2.45, 2.75) is 19.5 Å². The number of halogens is 2. The molecular formula is C14H17Cl2N5. The Labute approximate surface area is 133 Å². The van der Waals surface area contributed by atoms with E-state index in [4.69, 9.17) is 28.9 Å². The third kappa shape index (κ3) is 3.21. The number of nitrogens with two attached hydrogens (primary N) is 1. The van der Waals surface area contributed by atoms with Crippen molar-refractivity contribution >= 4 is 23.2 Å². The van der Waals surface area contributed by atoms with Crippen molar-refractivity contribution < 1.29 is 0 Å². The summed E-state index contributed by atoms with van der Waals surface area (Å²) in [6, 6.07) is 5.55. The summed E-state index contributed by atoms with van der Waals surface area (Å²) in [6.07, 6.45) is 1.89. The highest BCUT2D eigenvalue weighted by Crippen LogP contribution is 2.24. The summed E-state index contributed by atoms with van der Waals surface area (Å²) in [4.78, 5) is 2.30. The molecule has 1 aromatic heterocycles. The summed E-state index contributed by atoms with van der Waals surface area (Å²) >= 11 is 12.1. The maximum absolute atomic E-state index is 6.18. The second kappa shape index (κ2) is 5.93. The average molecular weight is 326 g/mol. The van der Waals surface area contributed by atoms with Gasteiger partial charge in [0.25, 0.3) is 0 Å². The van der Waals surface area contributed by atoms with Gasteiger partial charge in [-0.3, -0.25) is 4.90 Å². The van der Waals surface area contributed by atoms with Crippen LogP contribution in [-0.4, -0.2) is 39.0 Å². The van der Waals surface area contributed by atoms with Gasteiger partial charge in [-0.25, -0.2) is 4.68 Å². The maximum Gasteiger partial charge on any atom is 0.0971 e. The van der Waals surface area contributed by atoms with Gasteiger partial charge in [-0.05, 0) is 24.1 Å². The lowest BCUT2D eigenvalue weighted by Crippen LogP contribution is -2.28. The molecule has 0 spiro atoms. The predicted molar refractivity (Wildman–Crippen MR) is 83.8 cm³/mol. The lowest BCUT2D eigenvalue weighted by molar-refractivity contribution is 0.315. The molecule has 2 aromatic rings. The van der Waals surface area contributed by atoms with Gasteiger partial charge < -0.3 is 5.73 Å². The summed E-state index contributed by atoms with van der Waals surface area (Å²) in [5.74, 6) is 0.519. The molecule has 1 saturated heterocycles. The Balaban J connectivity index is 1.74. The van der Waals surface area contributed by atoms with Gasteiger partial charge in [-0.15, -0.1) is 5.10 Å². The molecule has 0 radical (unpaired) electrons. The van der Waals surface area contributed by atoms with Crippen LogP contribution >= 0.6 is 23.2 Å². The van der Waals surface area contributed by atoms with Gasteiger partial charge in [0.1, 0.15) is 0 Å². The molecule has 0 amide bonds. The fraction of sp³-hybridized carbons (Fsp3) is 0.429. The molecule has 21 heavy (non-hydrogen) atoms. The van der Waals surface area contributed by atoms with E-state index in [-0.39, 0.29) is 6.04 Å². The zero-order chi connectivity index (χ0) is 15.0. The molecule has 7 heteroatoms. The number of benzene rings is 1. The van der Waals surface area contributed by atoms with Crippen molar-refractivity contribution in [2.75, 3.05) is 13.1 Å². The minimum absolute atomic E-state index is 0.241. The lowest BCUT2D eigenvalue weighted by Gasteiger charge is -2.12. The highest BCUT2D eigenvalue weighted by atomic mass is 35.5. The van der Waals surface area contributed by atoms with Crippen molar-refractivity contribution in [2.24, 2.45) is 11.7 Å². The molecule has 0 saturated carbocycles. The highest BCUT2D eigenvalue weighted by Gasteiger charge is 2.26. The first-order valence-corrected chi connectivity index (χ1v) is 7.63. The van der Waals surface area contributed by atoms with Crippen LogP contribution < -0.4 is 5.73 Å². The summed E-state index contributed by atoms with van der Waals surface area (Å²) in [5, 5.41) is 9.50. The third-order valence-corrected chi connectivity index (χ3v) is 4.37. The number of hydrogen-bond donors (Lipinski definition) is 1. The van der Waals surface area contributed by atoms with Gasteiger partial charge in [0.2, 0.25) is 0 Å². The van der Waals surface area contributed by atoms with E-state index in [9.17, 15) is 0 Å². The first-order valence-electron chi connectivity index (χ1n) is 6.87. The topological polar surface area (TPSA) is 60.0 Å². The molecular weight excluding hydrogens is 309 g/mol. The zero-order valence-corrected chi connectivity index (χ0v) is 13.2. The van der Waals surface area contributed by atoms with Gasteiger partial charge in [-0.2, -0.15) is 0 Å². The number of hydrogen-bond acceptors (Lipinski definition) is 4. The molecule has 2 N–H and O–H groups in total. The van der Waals surface area contributed by atoms with Gasteiger partial charge in [0, 0.05) is 30.7 Å². The smallest absolute Gasteiger partial charge is 0.0971 e. The van der Waals surface area contributed by atoms with Crippen LogP contribution in [0.2, 0.25) is 10.0 Å². The van der Waals surface area contributed by atoms with Gasteiger partial charge in [0.15, 0.2) is 0 Å². The molecule has 5 nitrogen and oxygen atoms in total. The molecule has 3 rings (SSSR count). The molecule has 2 atom stereocenters. The molecule has 1 aliphatic heterocycles.